The number of thiocarbonyl (C=S) groups is 1. The van der Waals surface area contributed by atoms with Gasteiger partial charge in [0.15, 0.2) is 5.11 Å². The van der Waals surface area contributed by atoms with Crippen LogP contribution in [0.15, 0.2) is 35.4 Å². The highest BCUT2D eigenvalue weighted by Crippen LogP contribution is 1.92. The Morgan fingerprint density at radius 2 is 2.00 bits per heavy atom. The van der Waals surface area contributed by atoms with E-state index in [-0.39, 0.29) is 0 Å². The second-order valence-corrected chi connectivity index (χ2v) is 3.82. The van der Waals surface area contributed by atoms with Crippen molar-refractivity contribution in [1.82, 2.24) is 10.7 Å². The van der Waals surface area contributed by atoms with Crippen molar-refractivity contribution >= 4 is 23.5 Å². The van der Waals surface area contributed by atoms with Crippen LogP contribution in [-0.2, 0) is 0 Å². The van der Waals surface area contributed by atoms with Crippen LogP contribution in [0.3, 0.4) is 0 Å². The third-order valence-electron chi connectivity index (χ3n) is 1.60. The second kappa shape index (κ2) is 6.14. The van der Waals surface area contributed by atoms with Crippen molar-refractivity contribution in [3.63, 3.8) is 0 Å². The molecule has 1 rings (SSSR count). The normalized spacial score (nSPS) is 10.6. The van der Waals surface area contributed by atoms with E-state index in [2.05, 4.69) is 15.8 Å². The summed E-state index contributed by atoms with van der Waals surface area (Å²) >= 11 is 5.01. The first-order chi connectivity index (χ1) is 7.18. The van der Waals surface area contributed by atoms with Crippen molar-refractivity contribution in [2.24, 2.45) is 5.10 Å². The molecule has 3 nitrogen and oxygen atoms in total. The van der Waals surface area contributed by atoms with Crippen molar-refractivity contribution in [3.8, 4) is 0 Å². The molecule has 2 N–H and O–H groups in total. The number of benzene rings is 1. The lowest BCUT2D eigenvalue weighted by molar-refractivity contribution is 0.720. The zero-order chi connectivity index (χ0) is 11.1. The number of hydrogen-bond donors (Lipinski definition) is 2. The molecule has 1 aromatic carbocycles. The average Bonchev–Trinajstić information content (AvgIpc) is 2.18. The van der Waals surface area contributed by atoms with Crippen LogP contribution in [0.5, 0.6) is 0 Å². The van der Waals surface area contributed by atoms with Crippen LogP contribution in [0, 0.1) is 0 Å². The molecule has 0 fully saturated rings. The number of hydrogen-bond acceptors (Lipinski definition) is 2. The summed E-state index contributed by atoms with van der Waals surface area (Å²) in [6, 6.07) is 10.2. The Hall–Kier alpha value is -1.42. The van der Waals surface area contributed by atoms with E-state index in [9.17, 15) is 0 Å². The van der Waals surface area contributed by atoms with Gasteiger partial charge in [-0.3, -0.25) is 5.43 Å². The summed E-state index contributed by atoms with van der Waals surface area (Å²) in [5, 5.41) is 7.59. The standard InChI is InChI=1S/C11H15N3S/c1-9(2)13-11(15)14-12-8-10-6-4-3-5-7-10/h3-9H,1-2H3,(H2,13,14,15)/b12-8+. The average molecular weight is 221 g/mol. The van der Waals surface area contributed by atoms with Crippen molar-refractivity contribution < 1.29 is 0 Å². The van der Waals surface area contributed by atoms with E-state index in [0.29, 0.717) is 11.2 Å². The molecule has 0 aliphatic carbocycles. The van der Waals surface area contributed by atoms with Gasteiger partial charge in [-0.25, -0.2) is 0 Å². The van der Waals surface area contributed by atoms with E-state index in [1.54, 1.807) is 6.21 Å². The van der Waals surface area contributed by atoms with E-state index in [1.165, 1.54) is 0 Å². The fourth-order valence-electron chi connectivity index (χ4n) is 0.999. The lowest BCUT2D eigenvalue weighted by atomic mass is 10.2. The van der Waals surface area contributed by atoms with Gasteiger partial charge in [0, 0.05) is 6.04 Å². The van der Waals surface area contributed by atoms with Gasteiger partial charge in [-0.05, 0) is 31.6 Å². The molecule has 0 atom stereocenters. The molecule has 15 heavy (non-hydrogen) atoms. The minimum Gasteiger partial charge on any atom is -0.359 e. The van der Waals surface area contributed by atoms with E-state index in [0.717, 1.165) is 5.56 Å². The SMILES string of the molecule is CC(C)NC(=S)N/N=C/c1ccccc1. The van der Waals surface area contributed by atoms with Gasteiger partial charge in [0.1, 0.15) is 0 Å². The second-order valence-electron chi connectivity index (χ2n) is 3.41. The monoisotopic (exact) mass is 221 g/mol. The van der Waals surface area contributed by atoms with Gasteiger partial charge in [0.05, 0.1) is 6.21 Å². The summed E-state index contributed by atoms with van der Waals surface area (Å²) < 4.78 is 0. The molecule has 0 saturated heterocycles. The third-order valence-corrected chi connectivity index (χ3v) is 1.81. The van der Waals surface area contributed by atoms with Crippen LogP contribution in [0.4, 0.5) is 0 Å². The molecule has 0 bridgehead atoms. The molecule has 0 aliphatic heterocycles. The summed E-state index contributed by atoms with van der Waals surface area (Å²) in [5.41, 5.74) is 3.79. The highest BCUT2D eigenvalue weighted by Gasteiger charge is 1.94. The van der Waals surface area contributed by atoms with Gasteiger partial charge in [0.2, 0.25) is 0 Å². The molecule has 0 heterocycles. The molecule has 0 aromatic heterocycles. The molecule has 0 radical (unpaired) electrons. The van der Waals surface area contributed by atoms with Crippen LogP contribution in [-0.4, -0.2) is 17.4 Å². The van der Waals surface area contributed by atoms with Crippen LogP contribution >= 0.6 is 12.2 Å². The van der Waals surface area contributed by atoms with Crippen molar-refractivity contribution in [3.05, 3.63) is 35.9 Å². The molecule has 4 heteroatoms. The van der Waals surface area contributed by atoms with Crippen molar-refractivity contribution in [2.45, 2.75) is 19.9 Å². The predicted octanol–water partition coefficient (Wildman–Crippen LogP) is 1.89. The zero-order valence-electron chi connectivity index (χ0n) is 8.90. The molecular formula is C11H15N3S. The molecule has 0 amide bonds. The summed E-state index contributed by atoms with van der Waals surface area (Å²) in [6.07, 6.45) is 1.73. The fourth-order valence-corrected chi connectivity index (χ4v) is 1.29. The number of nitrogens with one attached hydrogen (secondary N) is 2. The Labute approximate surface area is 95.6 Å². The molecule has 0 spiro atoms. The third kappa shape index (κ3) is 5.12. The summed E-state index contributed by atoms with van der Waals surface area (Å²) in [5.74, 6) is 0. The Balaban J connectivity index is 2.37. The van der Waals surface area contributed by atoms with E-state index >= 15 is 0 Å². The lowest BCUT2D eigenvalue weighted by Gasteiger charge is -2.09. The Morgan fingerprint density at radius 1 is 1.33 bits per heavy atom. The number of nitrogens with zero attached hydrogens (tertiary/aromatic N) is 1. The molecule has 0 unspecified atom stereocenters. The highest BCUT2D eigenvalue weighted by atomic mass is 32.1. The van der Waals surface area contributed by atoms with Crippen LogP contribution in [0.25, 0.3) is 0 Å². The molecule has 1 aromatic rings. The van der Waals surface area contributed by atoms with Gasteiger partial charge >= 0.3 is 0 Å². The summed E-state index contributed by atoms with van der Waals surface area (Å²) in [7, 11) is 0. The number of hydrazone groups is 1. The van der Waals surface area contributed by atoms with Crippen molar-refractivity contribution in [2.75, 3.05) is 0 Å². The number of rotatable bonds is 3. The maximum atomic E-state index is 5.01. The predicted molar refractivity (Wildman–Crippen MR) is 68.0 cm³/mol. The Kier molecular flexibility index (Phi) is 4.77. The molecule has 0 aliphatic rings. The lowest BCUT2D eigenvalue weighted by Crippen LogP contribution is -2.36. The smallest absolute Gasteiger partial charge is 0.187 e. The quantitative estimate of drug-likeness (QED) is 0.465. The first-order valence-corrected chi connectivity index (χ1v) is 5.24. The first kappa shape index (κ1) is 11.7. The van der Waals surface area contributed by atoms with Gasteiger partial charge in [-0.1, -0.05) is 30.3 Å². The van der Waals surface area contributed by atoms with E-state index < -0.39 is 0 Å². The molecular weight excluding hydrogens is 206 g/mol. The largest absolute Gasteiger partial charge is 0.359 e. The van der Waals surface area contributed by atoms with Gasteiger partial charge in [-0.15, -0.1) is 0 Å². The van der Waals surface area contributed by atoms with E-state index in [4.69, 9.17) is 12.2 Å². The fraction of sp³-hybridized carbons (Fsp3) is 0.273. The van der Waals surface area contributed by atoms with E-state index in [1.807, 2.05) is 44.2 Å². The highest BCUT2D eigenvalue weighted by molar-refractivity contribution is 7.80. The molecule has 80 valence electrons. The topological polar surface area (TPSA) is 36.4 Å². The van der Waals surface area contributed by atoms with Gasteiger partial charge < -0.3 is 5.32 Å². The van der Waals surface area contributed by atoms with Gasteiger partial charge in [0.25, 0.3) is 0 Å². The first-order valence-electron chi connectivity index (χ1n) is 4.83. The van der Waals surface area contributed by atoms with Crippen LogP contribution < -0.4 is 10.7 Å². The minimum absolute atomic E-state index is 0.317. The zero-order valence-corrected chi connectivity index (χ0v) is 9.71. The van der Waals surface area contributed by atoms with Gasteiger partial charge in [-0.2, -0.15) is 5.10 Å². The Bertz CT molecular complexity index is 333. The maximum Gasteiger partial charge on any atom is 0.187 e. The Morgan fingerprint density at radius 3 is 2.60 bits per heavy atom. The maximum absolute atomic E-state index is 5.01. The van der Waals surface area contributed by atoms with Crippen LogP contribution in [0.2, 0.25) is 0 Å². The van der Waals surface area contributed by atoms with Crippen LogP contribution in [0.1, 0.15) is 19.4 Å². The summed E-state index contributed by atoms with van der Waals surface area (Å²) in [4.78, 5) is 0. The minimum atomic E-state index is 0.317. The van der Waals surface area contributed by atoms with Crippen molar-refractivity contribution in [1.29, 1.82) is 0 Å². The summed E-state index contributed by atoms with van der Waals surface area (Å²) in [6.45, 7) is 4.05. The molecule has 0 saturated carbocycles.